The number of carbonyl (C=O) groups is 1. The number of aliphatic carboxylic acids is 1. The molecule has 2 rings (SSSR count). The molecule has 106 valence electrons. The first-order chi connectivity index (χ1) is 9.45. The fourth-order valence-electron chi connectivity index (χ4n) is 2.17. The molecule has 2 aromatic rings. The summed E-state index contributed by atoms with van der Waals surface area (Å²) in [6.07, 6.45) is 0. The highest BCUT2D eigenvalue weighted by Crippen LogP contribution is 2.18. The zero-order valence-corrected chi connectivity index (χ0v) is 12.0. The van der Waals surface area contributed by atoms with E-state index in [0.29, 0.717) is 6.54 Å². The molecule has 0 saturated heterocycles. The third-order valence-electron chi connectivity index (χ3n) is 3.18. The van der Waals surface area contributed by atoms with Crippen molar-refractivity contribution < 1.29 is 9.90 Å². The Balaban J connectivity index is 2.25. The number of carboxylic acid groups (broad SMARTS) is 1. The van der Waals surface area contributed by atoms with Gasteiger partial charge in [-0.3, -0.25) is 9.48 Å². The zero-order valence-electron chi connectivity index (χ0n) is 12.0. The van der Waals surface area contributed by atoms with Gasteiger partial charge in [0.2, 0.25) is 0 Å². The van der Waals surface area contributed by atoms with Gasteiger partial charge in [-0.05, 0) is 32.0 Å². The molecule has 1 aromatic carbocycles. The van der Waals surface area contributed by atoms with Crippen LogP contribution >= 0.6 is 0 Å². The second-order valence-corrected chi connectivity index (χ2v) is 4.99. The topological polar surface area (TPSA) is 58.4 Å². The molecule has 0 spiro atoms. The van der Waals surface area contributed by atoms with E-state index in [4.69, 9.17) is 5.11 Å². The molecule has 0 bridgehead atoms. The molecular formula is C15H19N3O2. The molecule has 0 amide bonds. The molecule has 1 heterocycles. The van der Waals surface area contributed by atoms with E-state index in [1.54, 1.807) is 4.68 Å². The number of benzene rings is 1. The largest absolute Gasteiger partial charge is 0.480 e. The highest BCUT2D eigenvalue weighted by molar-refractivity contribution is 5.73. The van der Waals surface area contributed by atoms with E-state index in [-0.39, 0.29) is 6.54 Å². The molecule has 0 atom stereocenters. The molecule has 5 heteroatoms. The van der Waals surface area contributed by atoms with Crippen LogP contribution in [0.3, 0.4) is 0 Å². The predicted octanol–water partition coefficient (Wildman–Crippen LogP) is 2.13. The number of anilines is 1. The minimum absolute atomic E-state index is 0.0344. The molecule has 20 heavy (non-hydrogen) atoms. The maximum Gasteiger partial charge on any atom is 0.323 e. The summed E-state index contributed by atoms with van der Waals surface area (Å²) >= 11 is 0. The monoisotopic (exact) mass is 273 g/mol. The average molecular weight is 273 g/mol. The highest BCUT2D eigenvalue weighted by atomic mass is 16.4. The highest BCUT2D eigenvalue weighted by Gasteiger charge is 2.13. The van der Waals surface area contributed by atoms with Crippen LogP contribution in [0.1, 0.15) is 17.0 Å². The first-order valence-electron chi connectivity index (χ1n) is 6.48. The minimum atomic E-state index is -0.843. The maximum atomic E-state index is 11.1. The lowest BCUT2D eigenvalue weighted by Gasteiger charge is -2.23. The maximum absolute atomic E-state index is 11.1. The Morgan fingerprint density at radius 3 is 2.45 bits per heavy atom. The molecule has 0 unspecified atom stereocenters. The zero-order chi connectivity index (χ0) is 14.7. The molecule has 1 aromatic heterocycles. The van der Waals surface area contributed by atoms with Crippen LogP contribution < -0.4 is 4.90 Å². The van der Waals surface area contributed by atoms with E-state index >= 15 is 0 Å². The quantitative estimate of drug-likeness (QED) is 0.906. The van der Waals surface area contributed by atoms with E-state index in [1.165, 1.54) is 0 Å². The second kappa shape index (κ2) is 5.77. The Bertz CT molecular complexity index is 602. The molecule has 0 fully saturated rings. The molecule has 5 nitrogen and oxygen atoms in total. The van der Waals surface area contributed by atoms with Crippen molar-refractivity contribution in [3.63, 3.8) is 0 Å². The lowest BCUT2D eigenvalue weighted by Crippen LogP contribution is -2.30. The Labute approximate surface area is 118 Å². The van der Waals surface area contributed by atoms with Crippen molar-refractivity contribution in [3.05, 3.63) is 47.3 Å². The van der Waals surface area contributed by atoms with Gasteiger partial charge < -0.3 is 10.0 Å². The number of aryl methyl sites for hydroxylation is 3. The van der Waals surface area contributed by atoms with E-state index < -0.39 is 5.97 Å². The van der Waals surface area contributed by atoms with Gasteiger partial charge in [0.1, 0.15) is 6.54 Å². The molecule has 0 radical (unpaired) electrons. The van der Waals surface area contributed by atoms with Crippen LogP contribution in [0, 0.1) is 13.8 Å². The Morgan fingerprint density at radius 1 is 1.30 bits per heavy atom. The number of hydrogen-bond donors (Lipinski definition) is 1. The van der Waals surface area contributed by atoms with Gasteiger partial charge in [-0.25, -0.2) is 0 Å². The van der Waals surface area contributed by atoms with Crippen LogP contribution in [-0.4, -0.2) is 27.4 Å². The van der Waals surface area contributed by atoms with Crippen molar-refractivity contribution >= 4 is 11.7 Å². The van der Waals surface area contributed by atoms with Crippen LogP contribution in [0.25, 0.3) is 0 Å². The third-order valence-corrected chi connectivity index (χ3v) is 3.18. The van der Waals surface area contributed by atoms with Crippen molar-refractivity contribution in [2.75, 3.05) is 11.4 Å². The van der Waals surface area contributed by atoms with Gasteiger partial charge >= 0.3 is 5.97 Å². The van der Waals surface area contributed by atoms with Gasteiger partial charge in [-0.15, -0.1) is 0 Å². The van der Waals surface area contributed by atoms with Crippen molar-refractivity contribution in [3.8, 4) is 0 Å². The summed E-state index contributed by atoms with van der Waals surface area (Å²) in [6.45, 7) is 4.42. The molecule has 1 N–H and O–H groups in total. The van der Waals surface area contributed by atoms with E-state index in [9.17, 15) is 4.79 Å². The Kier molecular flexibility index (Phi) is 4.08. The lowest BCUT2D eigenvalue weighted by molar-refractivity contribution is -0.135. The number of rotatable bonds is 5. The predicted molar refractivity (Wildman–Crippen MR) is 77.8 cm³/mol. The summed E-state index contributed by atoms with van der Waals surface area (Å²) in [5.74, 6) is -0.843. The normalized spacial score (nSPS) is 10.6. The Morgan fingerprint density at radius 2 is 1.95 bits per heavy atom. The van der Waals surface area contributed by atoms with Gasteiger partial charge in [-0.1, -0.05) is 17.7 Å². The lowest BCUT2D eigenvalue weighted by atomic mass is 10.2. The number of hydrogen-bond acceptors (Lipinski definition) is 3. The minimum Gasteiger partial charge on any atom is -0.480 e. The van der Waals surface area contributed by atoms with Crippen molar-refractivity contribution in [1.82, 2.24) is 9.78 Å². The first kappa shape index (κ1) is 14.1. The second-order valence-electron chi connectivity index (χ2n) is 4.99. The van der Waals surface area contributed by atoms with Crippen molar-refractivity contribution in [2.45, 2.75) is 20.4 Å². The van der Waals surface area contributed by atoms with E-state index in [0.717, 1.165) is 22.6 Å². The third kappa shape index (κ3) is 3.38. The van der Waals surface area contributed by atoms with Crippen LogP contribution in [-0.2, 0) is 18.4 Å². The van der Waals surface area contributed by atoms with Crippen molar-refractivity contribution in [2.24, 2.45) is 7.05 Å². The molecule has 0 saturated carbocycles. The van der Waals surface area contributed by atoms with Gasteiger partial charge in [0.05, 0.1) is 17.9 Å². The first-order valence-corrected chi connectivity index (χ1v) is 6.48. The standard InChI is InChI=1S/C15H19N3O2/c1-11-4-6-13(7-5-11)18(10-15(19)20)9-14-8-12(2)16-17(14)3/h4-8H,9-10H2,1-3H3,(H,19,20). The van der Waals surface area contributed by atoms with Crippen LogP contribution in [0.5, 0.6) is 0 Å². The number of nitrogens with zero attached hydrogens (tertiary/aromatic N) is 3. The Hall–Kier alpha value is -2.30. The van der Waals surface area contributed by atoms with E-state index in [2.05, 4.69) is 5.10 Å². The summed E-state index contributed by atoms with van der Waals surface area (Å²) in [4.78, 5) is 12.9. The van der Waals surface area contributed by atoms with Crippen LogP contribution in [0.4, 0.5) is 5.69 Å². The number of carboxylic acids is 1. The molecular weight excluding hydrogens is 254 g/mol. The van der Waals surface area contributed by atoms with Gasteiger partial charge in [0, 0.05) is 12.7 Å². The van der Waals surface area contributed by atoms with Crippen LogP contribution in [0.2, 0.25) is 0 Å². The van der Waals surface area contributed by atoms with Gasteiger partial charge in [0.15, 0.2) is 0 Å². The fourth-order valence-corrected chi connectivity index (χ4v) is 2.17. The van der Waals surface area contributed by atoms with Crippen LogP contribution in [0.15, 0.2) is 30.3 Å². The summed E-state index contributed by atoms with van der Waals surface area (Å²) in [5.41, 5.74) is 3.98. The summed E-state index contributed by atoms with van der Waals surface area (Å²) in [6, 6.07) is 9.84. The SMILES string of the molecule is Cc1ccc(N(CC(=O)O)Cc2cc(C)nn2C)cc1. The average Bonchev–Trinajstić information content (AvgIpc) is 2.67. The molecule has 0 aliphatic carbocycles. The van der Waals surface area contributed by atoms with E-state index in [1.807, 2.05) is 56.1 Å². The smallest absolute Gasteiger partial charge is 0.323 e. The summed E-state index contributed by atoms with van der Waals surface area (Å²) in [7, 11) is 1.87. The van der Waals surface area contributed by atoms with Gasteiger partial charge in [0.25, 0.3) is 0 Å². The summed E-state index contributed by atoms with van der Waals surface area (Å²) < 4.78 is 1.79. The summed E-state index contributed by atoms with van der Waals surface area (Å²) in [5, 5.41) is 13.4. The number of aromatic nitrogens is 2. The molecule has 0 aliphatic rings. The fraction of sp³-hybridized carbons (Fsp3) is 0.333. The van der Waals surface area contributed by atoms with Crippen molar-refractivity contribution in [1.29, 1.82) is 0 Å². The van der Waals surface area contributed by atoms with Gasteiger partial charge in [-0.2, -0.15) is 5.10 Å². The molecule has 0 aliphatic heterocycles.